The number of carbonyl (C=O) groups excluding carboxylic acids is 1. The summed E-state index contributed by atoms with van der Waals surface area (Å²) in [5.41, 5.74) is 0.930. The van der Waals surface area contributed by atoms with Gasteiger partial charge in [-0.2, -0.15) is 0 Å². The number of benzene rings is 1. The summed E-state index contributed by atoms with van der Waals surface area (Å²) < 4.78 is 6.20. The third-order valence-electron chi connectivity index (χ3n) is 2.21. The molecule has 0 aliphatic heterocycles. The van der Waals surface area contributed by atoms with Crippen LogP contribution < -0.4 is 11.1 Å². The second kappa shape index (κ2) is 4.02. The third kappa shape index (κ3) is 1.81. The fourth-order valence-corrected chi connectivity index (χ4v) is 1.57. The van der Waals surface area contributed by atoms with E-state index in [4.69, 9.17) is 16.0 Å². The molecule has 1 aromatic carbocycles. The maximum absolute atomic E-state index is 11.5. The number of nitrogens with zero attached hydrogens (tertiary/aromatic N) is 1. The van der Waals surface area contributed by atoms with Crippen molar-refractivity contribution in [1.82, 2.24) is 9.88 Å². The first-order valence-corrected chi connectivity index (χ1v) is 4.99. The number of aromatic nitrogens is 1. The minimum Gasteiger partial charge on any atom is -0.408 e. The van der Waals surface area contributed by atoms with Crippen LogP contribution in [0.1, 0.15) is 0 Å². The molecule has 84 valence electrons. The molecule has 1 amide bonds. The highest BCUT2D eigenvalue weighted by atomic mass is 35.5. The Morgan fingerprint density at radius 3 is 3.00 bits per heavy atom. The Kier molecular flexibility index (Phi) is 2.70. The Hall–Kier alpha value is -1.75. The molecule has 0 atom stereocenters. The highest BCUT2D eigenvalue weighted by Gasteiger charge is 2.11. The Bertz CT molecular complexity index is 600. The quantitative estimate of drug-likeness (QED) is 0.852. The molecule has 0 spiro atoms. The van der Waals surface area contributed by atoms with Crippen LogP contribution in [0.4, 0.5) is 0 Å². The lowest BCUT2D eigenvalue weighted by atomic mass is 10.3. The van der Waals surface area contributed by atoms with E-state index >= 15 is 0 Å². The molecular formula is C10H9ClN2O3. The second-order valence-electron chi connectivity index (χ2n) is 3.24. The Morgan fingerprint density at radius 2 is 2.31 bits per heavy atom. The molecule has 1 N–H and O–H groups in total. The van der Waals surface area contributed by atoms with Crippen molar-refractivity contribution in [3.63, 3.8) is 0 Å². The van der Waals surface area contributed by atoms with Crippen LogP contribution in [-0.4, -0.2) is 17.5 Å². The second-order valence-corrected chi connectivity index (χ2v) is 3.68. The largest absolute Gasteiger partial charge is 0.420 e. The molecule has 1 aromatic heterocycles. The zero-order chi connectivity index (χ0) is 11.7. The van der Waals surface area contributed by atoms with Crippen LogP contribution in [0.25, 0.3) is 11.1 Å². The molecule has 0 bridgehead atoms. The SMILES string of the molecule is CNC(=O)Cn1c(=O)oc2ccc(Cl)cc21. The normalized spacial score (nSPS) is 10.6. The van der Waals surface area contributed by atoms with Crippen LogP contribution in [0, 0.1) is 0 Å². The van der Waals surface area contributed by atoms with Crippen LogP contribution in [0.5, 0.6) is 0 Å². The van der Waals surface area contributed by atoms with Crippen molar-refractivity contribution in [1.29, 1.82) is 0 Å². The lowest BCUT2D eigenvalue weighted by Gasteiger charge is -2.00. The zero-order valence-corrected chi connectivity index (χ0v) is 9.25. The molecule has 2 rings (SSSR count). The average molecular weight is 241 g/mol. The van der Waals surface area contributed by atoms with Gasteiger partial charge in [-0.15, -0.1) is 0 Å². The number of halogens is 1. The number of likely N-dealkylation sites (N-methyl/N-ethyl adjacent to an activating group) is 1. The van der Waals surface area contributed by atoms with Gasteiger partial charge < -0.3 is 9.73 Å². The number of oxazole rings is 1. The number of hydrogen-bond acceptors (Lipinski definition) is 3. The van der Waals surface area contributed by atoms with Gasteiger partial charge in [-0.05, 0) is 18.2 Å². The zero-order valence-electron chi connectivity index (χ0n) is 8.49. The van der Waals surface area contributed by atoms with Crippen molar-refractivity contribution in [3.8, 4) is 0 Å². The molecule has 0 radical (unpaired) electrons. The molecule has 0 unspecified atom stereocenters. The summed E-state index contributed by atoms with van der Waals surface area (Å²) in [4.78, 5) is 22.7. The van der Waals surface area contributed by atoms with E-state index in [1.165, 1.54) is 11.6 Å². The van der Waals surface area contributed by atoms with Crippen molar-refractivity contribution in [2.45, 2.75) is 6.54 Å². The van der Waals surface area contributed by atoms with E-state index < -0.39 is 5.76 Å². The molecule has 0 saturated heterocycles. The van der Waals surface area contributed by atoms with E-state index in [0.29, 0.717) is 16.1 Å². The first-order valence-electron chi connectivity index (χ1n) is 4.61. The number of carbonyl (C=O) groups is 1. The molecule has 16 heavy (non-hydrogen) atoms. The summed E-state index contributed by atoms with van der Waals surface area (Å²) in [6.45, 7) is -0.0807. The van der Waals surface area contributed by atoms with Crippen molar-refractivity contribution in [2.75, 3.05) is 7.05 Å². The highest BCUT2D eigenvalue weighted by molar-refractivity contribution is 6.31. The number of hydrogen-bond donors (Lipinski definition) is 1. The maximum Gasteiger partial charge on any atom is 0.420 e. The summed E-state index contributed by atoms with van der Waals surface area (Å²) in [7, 11) is 1.50. The minimum absolute atomic E-state index is 0.0807. The van der Waals surface area contributed by atoms with Gasteiger partial charge in [0.1, 0.15) is 6.54 Å². The molecule has 0 fully saturated rings. The summed E-state index contributed by atoms with van der Waals surface area (Å²) in [5.74, 6) is -0.842. The fourth-order valence-electron chi connectivity index (χ4n) is 1.41. The third-order valence-corrected chi connectivity index (χ3v) is 2.45. The predicted molar refractivity (Wildman–Crippen MR) is 59.6 cm³/mol. The smallest absolute Gasteiger partial charge is 0.408 e. The highest BCUT2D eigenvalue weighted by Crippen LogP contribution is 2.18. The molecule has 5 nitrogen and oxygen atoms in total. The van der Waals surface area contributed by atoms with Gasteiger partial charge >= 0.3 is 5.76 Å². The van der Waals surface area contributed by atoms with Crippen LogP contribution in [0.3, 0.4) is 0 Å². The monoisotopic (exact) mass is 240 g/mol. The number of rotatable bonds is 2. The van der Waals surface area contributed by atoms with E-state index in [1.54, 1.807) is 18.2 Å². The molecule has 0 aliphatic carbocycles. The predicted octanol–water partition coefficient (Wildman–Crippen LogP) is 0.994. The summed E-state index contributed by atoms with van der Waals surface area (Å²) in [5, 5.41) is 2.92. The van der Waals surface area contributed by atoms with E-state index in [9.17, 15) is 9.59 Å². The molecule has 0 aliphatic rings. The van der Waals surface area contributed by atoms with Gasteiger partial charge in [-0.1, -0.05) is 11.6 Å². The van der Waals surface area contributed by atoms with Gasteiger partial charge in [0.15, 0.2) is 5.58 Å². The van der Waals surface area contributed by atoms with Crippen LogP contribution in [0.2, 0.25) is 5.02 Å². The molecular weight excluding hydrogens is 232 g/mol. The molecule has 6 heteroatoms. The number of nitrogens with one attached hydrogen (secondary N) is 1. The van der Waals surface area contributed by atoms with Gasteiger partial charge in [0, 0.05) is 12.1 Å². The molecule has 2 aromatic rings. The first-order chi connectivity index (χ1) is 7.61. The summed E-state index contributed by atoms with van der Waals surface area (Å²) in [6, 6.07) is 4.81. The minimum atomic E-state index is -0.569. The van der Waals surface area contributed by atoms with Crippen molar-refractivity contribution in [2.24, 2.45) is 0 Å². The van der Waals surface area contributed by atoms with E-state index in [-0.39, 0.29) is 12.5 Å². The van der Waals surface area contributed by atoms with Crippen molar-refractivity contribution >= 4 is 28.6 Å². The number of amides is 1. The Labute approximate surface area is 95.6 Å². The first kappa shape index (κ1) is 10.8. The van der Waals surface area contributed by atoms with E-state index in [2.05, 4.69) is 5.32 Å². The van der Waals surface area contributed by atoms with Crippen LogP contribution >= 0.6 is 11.6 Å². The molecule has 1 heterocycles. The van der Waals surface area contributed by atoms with Crippen LogP contribution in [0.15, 0.2) is 27.4 Å². The maximum atomic E-state index is 11.5. The Balaban J connectivity index is 2.58. The Morgan fingerprint density at radius 1 is 1.56 bits per heavy atom. The van der Waals surface area contributed by atoms with Crippen molar-refractivity contribution in [3.05, 3.63) is 33.8 Å². The van der Waals surface area contributed by atoms with Gasteiger partial charge in [-0.25, -0.2) is 4.79 Å². The fraction of sp³-hybridized carbons (Fsp3) is 0.200. The molecule has 0 saturated carbocycles. The average Bonchev–Trinajstić information content (AvgIpc) is 2.55. The van der Waals surface area contributed by atoms with Gasteiger partial charge in [0.05, 0.1) is 5.52 Å². The standard InChI is InChI=1S/C10H9ClN2O3/c1-12-9(14)5-13-7-4-6(11)2-3-8(7)16-10(13)15/h2-4H,5H2,1H3,(H,12,14). The van der Waals surface area contributed by atoms with Crippen molar-refractivity contribution < 1.29 is 9.21 Å². The van der Waals surface area contributed by atoms with E-state index in [0.717, 1.165) is 0 Å². The summed E-state index contributed by atoms with van der Waals surface area (Å²) in [6.07, 6.45) is 0. The number of fused-ring (bicyclic) bond motifs is 1. The van der Waals surface area contributed by atoms with Crippen LogP contribution in [-0.2, 0) is 11.3 Å². The van der Waals surface area contributed by atoms with Gasteiger partial charge in [0.25, 0.3) is 0 Å². The summed E-state index contributed by atoms with van der Waals surface area (Å²) >= 11 is 5.81. The topological polar surface area (TPSA) is 64.2 Å². The van der Waals surface area contributed by atoms with E-state index in [1.807, 2.05) is 0 Å². The lowest BCUT2D eigenvalue weighted by molar-refractivity contribution is -0.121. The van der Waals surface area contributed by atoms with Gasteiger partial charge in [-0.3, -0.25) is 9.36 Å². The van der Waals surface area contributed by atoms with Gasteiger partial charge in [0.2, 0.25) is 5.91 Å². The lowest BCUT2D eigenvalue weighted by Crippen LogP contribution is -2.27.